The number of hydroxylamine groups is 1. The van der Waals surface area contributed by atoms with E-state index in [0.717, 1.165) is 11.3 Å². The molecule has 17 heavy (non-hydrogen) atoms. The summed E-state index contributed by atoms with van der Waals surface area (Å²) in [6.07, 6.45) is 0. The molecule has 0 amide bonds. The zero-order chi connectivity index (χ0) is 12.3. The van der Waals surface area contributed by atoms with E-state index in [1.54, 1.807) is 7.11 Å². The Morgan fingerprint density at radius 2 is 2.06 bits per heavy atom. The SMILES string of the molecule is COCCONC1c2ccccc2OC1(C)C. The van der Waals surface area contributed by atoms with Gasteiger partial charge in [-0.2, -0.15) is 5.48 Å². The van der Waals surface area contributed by atoms with Gasteiger partial charge < -0.3 is 9.47 Å². The molecule has 1 unspecified atom stereocenters. The lowest BCUT2D eigenvalue weighted by atomic mass is 9.95. The fourth-order valence-electron chi connectivity index (χ4n) is 2.00. The highest BCUT2D eigenvalue weighted by Crippen LogP contribution is 2.42. The smallest absolute Gasteiger partial charge is 0.125 e. The number of hydrogen-bond donors (Lipinski definition) is 1. The Kier molecular flexibility index (Phi) is 3.66. The summed E-state index contributed by atoms with van der Waals surface area (Å²) in [5.41, 5.74) is 3.88. The minimum atomic E-state index is -0.309. The monoisotopic (exact) mass is 237 g/mol. The van der Waals surface area contributed by atoms with Crippen LogP contribution in [0, 0.1) is 0 Å². The highest BCUT2D eigenvalue weighted by molar-refractivity contribution is 5.41. The Balaban J connectivity index is 2.04. The lowest BCUT2D eigenvalue weighted by Crippen LogP contribution is -2.39. The molecular formula is C13H19NO3. The third-order valence-corrected chi connectivity index (χ3v) is 2.89. The Bertz CT molecular complexity index is 379. The molecule has 94 valence electrons. The van der Waals surface area contributed by atoms with Crippen molar-refractivity contribution in [1.82, 2.24) is 5.48 Å². The summed E-state index contributed by atoms with van der Waals surface area (Å²) in [5, 5.41) is 0. The van der Waals surface area contributed by atoms with Gasteiger partial charge in [0.05, 0.1) is 19.3 Å². The zero-order valence-corrected chi connectivity index (χ0v) is 10.5. The summed E-state index contributed by atoms with van der Waals surface area (Å²) in [4.78, 5) is 5.40. The Hall–Kier alpha value is -1.10. The average molecular weight is 237 g/mol. The Morgan fingerprint density at radius 1 is 1.29 bits per heavy atom. The third-order valence-electron chi connectivity index (χ3n) is 2.89. The van der Waals surface area contributed by atoms with Crippen LogP contribution >= 0.6 is 0 Å². The summed E-state index contributed by atoms with van der Waals surface area (Å²) in [6, 6.07) is 8.06. The van der Waals surface area contributed by atoms with Gasteiger partial charge in [-0.05, 0) is 19.9 Å². The minimum absolute atomic E-state index is 0.0376. The fraction of sp³-hybridized carbons (Fsp3) is 0.538. The number of ether oxygens (including phenoxy) is 2. The molecule has 0 fully saturated rings. The number of para-hydroxylation sites is 1. The minimum Gasteiger partial charge on any atom is -0.485 e. The summed E-state index contributed by atoms with van der Waals surface area (Å²) < 4.78 is 10.8. The standard InChI is InChI=1S/C13H19NO3/c1-13(2)12(14-16-9-8-15-3)10-6-4-5-7-11(10)17-13/h4-7,12,14H,8-9H2,1-3H3. The van der Waals surface area contributed by atoms with E-state index in [4.69, 9.17) is 14.3 Å². The van der Waals surface area contributed by atoms with Crippen LogP contribution in [0.3, 0.4) is 0 Å². The molecule has 1 atom stereocenters. The molecule has 1 aliphatic heterocycles. The molecule has 0 spiro atoms. The summed E-state index contributed by atoms with van der Waals surface area (Å²) >= 11 is 0. The van der Waals surface area contributed by atoms with Gasteiger partial charge in [0.25, 0.3) is 0 Å². The van der Waals surface area contributed by atoms with Crippen molar-refractivity contribution in [2.24, 2.45) is 0 Å². The van der Waals surface area contributed by atoms with Crippen LogP contribution in [0.5, 0.6) is 5.75 Å². The molecule has 0 aromatic heterocycles. The van der Waals surface area contributed by atoms with Crippen LogP contribution in [0.15, 0.2) is 24.3 Å². The maximum absolute atomic E-state index is 5.89. The van der Waals surface area contributed by atoms with Crippen LogP contribution in [-0.2, 0) is 9.57 Å². The number of hydrogen-bond acceptors (Lipinski definition) is 4. The molecule has 0 saturated carbocycles. The first kappa shape index (κ1) is 12.4. The van der Waals surface area contributed by atoms with Crippen LogP contribution in [0.25, 0.3) is 0 Å². The number of methoxy groups -OCH3 is 1. The maximum Gasteiger partial charge on any atom is 0.125 e. The van der Waals surface area contributed by atoms with Gasteiger partial charge in [0.1, 0.15) is 11.4 Å². The molecular weight excluding hydrogens is 218 g/mol. The first-order valence-corrected chi connectivity index (χ1v) is 5.79. The van der Waals surface area contributed by atoms with Crippen molar-refractivity contribution in [2.45, 2.75) is 25.5 Å². The average Bonchev–Trinajstić information content (AvgIpc) is 2.55. The predicted octanol–water partition coefficient (Wildman–Crippen LogP) is 2.07. The van der Waals surface area contributed by atoms with Crippen LogP contribution in [0.4, 0.5) is 0 Å². The quantitative estimate of drug-likeness (QED) is 0.628. The lowest BCUT2D eigenvalue weighted by Gasteiger charge is -2.26. The van der Waals surface area contributed by atoms with Gasteiger partial charge in [-0.15, -0.1) is 0 Å². The Labute approximate surface area is 102 Å². The topological polar surface area (TPSA) is 39.7 Å². The summed E-state index contributed by atoms with van der Waals surface area (Å²) in [5.74, 6) is 0.922. The van der Waals surface area contributed by atoms with Gasteiger partial charge in [0.2, 0.25) is 0 Å². The van der Waals surface area contributed by atoms with E-state index in [1.165, 1.54) is 0 Å². The number of rotatable bonds is 5. The molecule has 0 saturated heterocycles. The molecule has 0 bridgehead atoms. The first-order chi connectivity index (χ1) is 8.15. The van der Waals surface area contributed by atoms with Crippen molar-refractivity contribution >= 4 is 0 Å². The fourth-order valence-corrected chi connectivity index (χ4v) is 2.00. The van der Waals surface area contributed by atoms with Crippen molar-refractivity contribution < 1.29 is 14.3 Å². The van der Waals surface area contributed by atoms with E-state index >= 15 is 0 Å². The van der Waals surface area contributed by atoms with Crippen LogP contribution < -0.4 is 10.2 Å². The van der Waals surface area contributed by atoms with Gasteiger partial charge in [0.15, 0.2) is 0 Å². The predicted molar refractivity (Wildman–Crippen MR) is 64.9 cm³/mol. The molecule has 1 aliphatic rings. The van der Waals surface area contributed by atoms with Crippen LogP contribution in [-0.4, -0.2) is 25.9 Å². The van der Waals surface area contributed by atoms with Crippen molar-refractivity contribution in [3.05, 3.63) is 29.8 Å². The number of fused-ring (bicyclic) bond motifs is 1. The second-order valence-electron chi connectivity index (χ2n) is 4.64. The Morgan fingerprint density at radius 3 is 2.82 bits per heavy atom. The van der Waals surface area contributed by atoms with E-state index in [0.29, 0.717) is 13.2 Å². The number of nitrogens with one attached hydrogen (secondary N) is 1. The van der Waals surface area contributed by atoms with E-state index in [2.05, 4.69) is 11.5 Å². The molecule has 1 heterocycles. The molecule has 1 aromatic rings. The molecule has 2 rings (SSSR count). The van der Waals surface area contributed by atoms with Gasteiger partial charge in [0, 0.05) is 12.7 Å². The van der Waals surface area contributed by atoms with E-state index in [1.807, 2.05) is 32.0 Å². The third kappa shape index (κ3) is 2.60. The largest absolute Gasteiger partial charge is 0.485 e. The zero-order valence-electron chi connectivity index (χ0n) is 10.5. The van der Waals surface area contributed by atoms with Gasteiger partial charge in [-0.1, -0.05) is 18.2 Å². The molecule has 0 aliphatic carbocycles. The van der Waals surface area contributed by atoms with E-state index < -0.39 is 0 Å². The molecule has 1 aromatic carbocycles. The van der Waals surface area contributed by atoms with Crippen LogP contribution in [0.1, 0.15) is 25.5 Å². The molecule has 0 radical (unpaired) electrons. The van der Waals surface area contributed by atoms with Crippen LogP contribution in [0.2, 0.25) is 0 Å². The summed E-state index contributed by atoms with van der Waals surface area (Å²) in [7, 11) is 1.65. The maximum atomic E-state index is 5.89. The lowest BCUT2D eigenvalue weighted by molar-refractivity contribution is -0.0469. The molecule has 4 nitrogen and oxygen atoms in total. The first-order valence-electron chi connectivity index (χ1n) is 5.79. The number of benzene rings is 1. The van der Waals surface area contributed by atoms with Gasteiger partial charge >= 0.3 is 0 Å². The molecule has 4 heteroatoms. The highest BCUT2D eigenvalue weighted by atomic mass is 16.7. The van der Waals surface area contributed by atoms with Crippen molar-refractivity contribution in [3.8, 4) is 5.75 Å². The molecule has 1 N–H and O–H groups in total. The second kappa shape index (κ2) is 5.04. The van der Waals surface area contributed by atoms with E-state index in [9.17, 15) is 0 Å². The normalized spacial score (nSPS) is 21.0. The van der Waals surface area contributed by atoms with Gasteiger partial charge in [-0.25, -0.2) is 0 Å². The second-order valence-corrected chi connectivity index (χ2v) is 4.64. The van der Waals surface area contributed by atoms with Gasteiger partial charge in [-0.3, -0.25) is 4.84 Å². The van der Waals surface area contributed by atoms with E-state index in [-0.39, 0.29) is 11.6 Å². The summed E-state index contributed by atoms with van der Waals surface area (Å²) in [6.45, 7) is 5.18. The highest BCUT2D eigenvalue weighted by Gasteiger charge is 2.41. The van der Waals surface area contributed by atoms with Crippen molar-refractivity contribution in [3.63, 3.8) is 0 Å². The van der Waals surface area contributed by atoms with Crippen molar-refractivity contribution in [1.29, 1.82) is 0 Å². The van der Waals surface area contributed by atoms with Crippen molar-refractivity contribution in [2.75, 3.05) is 20.3 Å².